The van der Waals surface area contributed by atoms with Crippen molar-refractivity contribution in [2.45, 2.75) is 343 Å². The van der Waals surface area contributed by atoms with E-state index in [0.717, 1.165) is 43.4 Å². The maximum absolute atomic E-state index is 12.4. The van der Waals surface area contributed by atoms with Crippen LogP contribution in [-0.4, -0.2) is 9.29 Å². The van der Waals surface area contributed by atoms with Crippen LogP contribution in [-0.2, 0) is 25.3 Å². The van der Waals surface area contributed by atoms with Gasteiger partial charge in [-0.05, 0) is 17.8 Å². The third-order valence-corrected chi connectivity index (χ3v) is 15.3. The van der Waals surface area contributed by atoms with E-state index in [-0.39, 0.29) is 0 Å². The van der Waals surface area contributed by atoms with E-state index >= 15 is 0 Å². The minimum atomic E-state index is -3.65. The normalized spacial score (nSPS) is 13.1. The van der Waals surface area contributed by atoms with E-state index in [1.807, 2.05) is 0 Å². The molecule has 1 N–H and O–H groups in total. The Morgan fingerprint density at radius 3 is 0.705 bits per heavy atom. The predicted octanol–water partition coefficient (Wildman–Crippen LogP) is 20.7. The van der Waals surface area contributed by atoms with Crippen LogP contribution in [0.2, 0.25) is 0 Å². The molecule has 0 amide bonds. The first-order valence-electron chi connectivity index (χ1n) is 28.5. The van der Waals surface area contributed by atoms with Crippen LogP contribution < -0.4 is 0 Å². The zero-order chi connectivity index (χ0) is 44.9. The topological polar surface area (TPSA) is 46.5 Å². The molecule has 3 nitrogen and oxygen atoms in total. The summed E-state index contributed by atoms with van der Waals surface area (Å²) in [5, 5.41) is 0. The number of hydrogen-bond donors (Lipinski definition) is 1. The van der Waals surface area contributed by atoms with Crippen LogP contribution in [0.25, 0.3) is 0 Å². The minimum absolute atomic E-state index is 0.405. The molecule has 0 saturated carbocycles. The third-order valence-electron chi connectivity index (χ3n) is 14.3. The number of unbranched alkanes of at least 4 members (excludes halogenated alkanes) is 36. The van der Waals surface area contributed by atoms with Gasteiger partial charge in [-0.15, -0.1) is 0 Å². The molecule has 0 heterocycles. The van der Waals surface area contributed by atoms with Crippen LogP contribution in [0.1, 0.15) is 337 Å². The molecule has 0 fully saturated rings. The van der Waals surface area contributed by atoms with Gasteiger partial charge in [-0.1, -0.05) is 151 Å². The van der Waals surface area contributed by atoms with Gasteiger partial charge in [-0.3, -0.25) is 0 Å². The standard InChI is InChI=1S/C57H115O.H2O.O.Ti/c1-53(2)47-41-35-29-23-17-11-8-14-20-26-32-38-44-50-56(51-45-39-33-27-21-15-9-12-18-24-30-36-42-48-54(3)4)57(7,58)52-46-40-34-28-22-16-10-13-19-25-31-37-43-49-55(5)6;;;/h53-56H,8-52H2,1-7H3;1H2;;/q-1;;;+2/p-1. The van der Waals surface area contributed by atoms with Gasteiger partial charge in [0.15, 0.2) is 0 Å². The second-order valence-corrected chi connectivity index (χ2v) is 23.2. The second kappa shape index (κ2) is 46.9. The van der Waals surface area contributed by atoms with Gasteiger partial charge in [0.05, 0.1) is 0 Å². The molecular weight excluding hydrogens is 780 g/mol. The summed E-state index contributed by atoms with van der Waals surface area (Å²) < 4.78 is 28.7. The van der Waals surface area contributed by atoms with Crippen molar-refractivity contribution < 1.29 is 28.9 Å². The van der Waals surface area contributed by atoms with E-state index in [4.69, 9.17) is 3.32 Å². The fraction of sp³-hybridized carbons (Fsp3) is 1.00. The van der Waals surface area contributed by atoms with Crippen molar-refractivity contribution in [3.05, 3.63) is 0 Å². The molecule has 0 aromatic rings. The van der Waals surface area contributed by atoms with E-state index < -0.39 is 24.2 Å². The molecule has 0 aliphatic rings. The van der Waals surface area contributed by atoms with E-state index in [1.165, 1.54) is 263 Å². The summed E-state index contributed by atoms with van der Waals surface area (Å²) in [6.45, 7) is 16.3. The molecule has 1 atom stereocenters. The first-order chi connectivity index (χ1) is 29.6. The van der Waals surface area contributed by atoms with Crippen LogP contribution in [0, 0.1) is 23.7 Å². The Hall–Kier alpha value is 0.434. The van der Waals surface area contributed by atoms with E-state index in [0.29, 0.717) is 5.92 Å². The average Bonchev–Trinajstić information content (AvgIpc) is 3.20. The van der Waals surface area contributed by atoms with Crippen LogP contribution >= 0.6 is 0 Å². The van der Waals surface area contributed by atoms with Crippen molar-refractivity contribution in [3.63, 3.8) is 0 Å². The number of hydrogen-bond acceptors (Lipinski definition) is 2. The second-order valence-electron chi connectivity index (χ2n) is 22.0. The molecule has 0 saturated heterocycles. The van der Waals surface area contributed by atoms with Crippen molar-refractivity contribution in [1.29, 1.82) is 0 Å². The van der Waals surface area contributed by atoms with Crippen molar-refractivity contribution in [3.8, 4) is 0 Å². The van der Waals surface area contributed by atoms with E-state index in [1.54, 1.807) is 0 Å². The molecule has 0 rings (SSSR count). The summed E-state index contributed by atoms with van der Waals surface area (Å²) in [6.07, 6.45) is 61.4. The molecule has 0 aliphatic heterocycles. The Bertz CT molecular complexity index is 835. The molecular formula is C57H116O3Ti. The first-order valence-corrected chi connectivity index (χ1v) is 30.5. The fourth-order valence-corrected chi connectivity index (χ4v) is 11.1. The van der Waals surface area contributed by atoms with Gasteiger partial charge in [0, 0.05) is 0 Å². The third kappa shape index (κ3) is 46.8. The monoisotopic (exact) mass is 897 g/mol. The van der Waals surface area contributed by atoms with Gasteiger partial charge in [0.2, 0.25) is 0 Å². The van der Waals surface area contributed by atoms with Gasteiger partial charge in [0.25, 0.3) is 0 Å². The van der Waals surface area contributed by atoms with Crippen LogP contribution in [0.5, 0.6) is 0 Å². The van der Waals surface area contributed by atoms with Crippen LogP contribution in [0.3, 0.4) is 0 Å². The summed E-state index contributed by atoms with van der Waals surface area (Å²) in [6, 6.07) is 0. The molecule has 1 unspecified atom stereocenters. The number of rotatable bonds is 51. The molecule has 366 valence electrons. The van der Waals surface area contributed by atoms with Crippen LogP contribution in [0.15, 0.2) is 0 Å². The Morgan fingerprint density at radius 1 is 0.328 bits per heavy atom. The molecule has 0 aromatic carbocycles. The molecule has 0 bridgehead atoms. The zero-order valence-electron chi connectivity index (χ0n) is 43.4. The summed E-state index contributed by atoms with van der Waals surface area (Å²) in [5.41, 5.74) is -0.441. The van der Waals surface area contributed by atoms with Gasteiger partial charge in [-0.25, -0.2) is 0 Å². The molecule has 0 aliphatic carbocycles. The average molecular weight is 897 g/mol. The molecule has 0 radical (unpaired) electrons. The van der Waals surface area contributed by atoms with Gasteiger partial charge < -0.3 is 0 Å². The van der Waals surface area contributed by atoms with Gasteiger partial charge >= 0.3 is 227 Å². The van der Waals surface area contributed by atoms with Gasteiger partial charge in [-0.2, -0.15) is 0 Å². The Kier molecular flexibility index (Phi) is 47.3. The maximum atomic E-state index is 12.4. The molecule has 0 spiro atoms. The SMILES string of the molecule is CC(C)CCCCCCCCCCCCCCCC(CCCCCCCCCCCCCCCC(C)C)C(C)(CCCCCCCCCCCCCCCC(C)C)[O][Ti](=[O])[OH]. The van der Waals surface area contributed by atoms with Gasteiger partial charge in [0.1, 0.15) is 0 Å². The van der Waals surface area contributed by atoms with Crippen molar-refractivity contribution >= 4 is 0 Å². The van der Waals surface area contributed by atoms with E-state index in [9.17, 15) is 7.01 Å². The van der Waals surface area contributed by atoms with Crippen molar-refractivity contribution in [2.24, 2.45) is 23.7 Å². The van der Waals surface area contributed by atoms with E-state index in [2.05, 4.69) is 48.5 Å². The quantitative estimate of drug-likeness (QED) is 0.0489. The Labute approximate surface area is 393 Å². The summed E-state index contributed by atoms with van der Waals surface area (Å²) >= 11 is -3.65. The van der Waals surface area contributed by atoms with Crippen LogP contribution in [0.4, 0.5) is 0 Å². The summed E-state index contributed by atoms with van der Waals surface area (Å²) in [7, 11) is 0. The zero-order valence-corrected chi connectivity index (χ0v) is 45.0. The molecule has 61 heavy (non-hydrogen) atoms. The van der Waals surface area contributed by atoms with Crippen molar-refractivity contribution in [2.75, 3.05) is 0 Å². The molecule has 0 aromatic heterocycles. The van der Waals surface area contributed by atoms with Crippen molar-refractivity contribution in [1.82, 2.24) is 0 Å². The predicted molar refractivity (Wildman–Crippen MR) is 268 cm³/mol. The Morgan fingerprint density at radius 2 is 0.508 bits per heavy atom. The Balaban J connectivity index is 4.55. The summed E-state index contributed by atoms with van der Waals surface area (Å²) in [4.78, 5) is 0. The fourth-order valence-electron chi connectivity index (χ4n) is 10.0. The first kappa shape index (κ1) is 61.4. The molecule has 4 heteroatoms. The summed E-state index contributed by atoms with van der Waals surface area (Å²) in [5.74, 6) is 2.99.